The average molecular weight is 412 g/mol. The molecular weight excluding hydrogens is 390 g/mol. The molecule has 146 valence electrons. The number of hydrogen-bond acceptors (Lipinski definition) is 6. The van der Waals surface area contributed by atoms with E-state index in [0.29, 0.717) is 42.7 Å². The van der Waals surface area contributed by atoms with Gasteiger partial charge in [0.05, 0.1) is 7.11 Å². The van der Waals surface area contributed by atoms with E-state index in [0.717, 1.165) is 5.69 Å². The summed E-state index contributed by atoms with van der Waals surface area (Å²) in [5, 5.41) is 0.349. The van der Waals surface area contributed by atoms with Crippen molar-refractivity contribution >= 4 is 21.6 Å². The molecule has 0 spiro atoms. The van der Waals surface area contributed by atoms with E-state index in [1.54, 1.807) is 18.2 Å². The van der Waals surface area contributed by atoms with Crippen LogP contribution in [0.25, 0.3) is 0 Å². The van der Waals surface area contributed by atoms with Gasteiger partial charge in [0, 0.05) is 29.9 Å². The molecule has 0 aliphatic carbocycles. The lowest BCUT2D eigenvalue weighted by atomic mass is 10.1. The highest BCUT2D eigenvalue weighted by molar-refractivity contribution is 7.89. The van der Waals surface area contributed by atoms with Crippen LogP contribution >= 0.6 is 11.6 Å². The second-order valence-electron chi connectivity index (χ2n) is 6.41. The first-order chi connectivity index (χ1) is 12.8. The smallest absolute Gasteiger partial charge is 0.246 e. The number of rotatable bonds is 5. The van der Waals surface area contributed by atoms with Gasteiger partial charge in [-0.25, -0.2) is 13.4 Å². The fourth-order valence-corrected chi connectivity index (χ4v) is 4.98. The largest absolute Gasteiger partial charge is 0.495 e. The predicted octanol–water partition coefficient (Wildman–Crippen LogP) is 2.99. The van der Waals surface area contributed by atoms with E-state index in [2.05, 4.69) is 9.97 Å². The molecule has 1 fully saturated rings. The molecule has 0 N–H and O–H groups in total. The first-order valence-electron chi connectivity index (χ1n) is 8.62. The van der Waals surface area contributed by atoms with Crippen molar-refractivity contribution in [2.75, 3.05) is 20.2 Å². The molecule has 0 saturated carbocycles. The number of piperidine rings is 1. The molecule has 0 radical (unpaired) electrons. The van der Waals surface area contributed by atoms with Gasteiger partial charge in [0.1, 0.15) is 22.6 Å². The molecule has 0 unspecified atom stereocenters. The van der Waals surface area contributed by atoms with Gasteiger partial charge in [-0.3, -0.25) is 0 Å². The number of nitrogens with zero attached hydrogens (tertiary/aromatic N) is 3. The zero-order valence-electron chi connectivity index (χ0n) is 15.5. The molecule has 1 aliphatic heterocycles. The van der Waals surface area contributed by atoms with Crippen molar-refractivity contribution in [1.82, 2.24) is 14.3 Å². The number of ether oxygens (including phenoxy) is 2. The summed E-state index contributed by atoms with van der Waals surface area (Å²) < 4.78 is 38.6. The van der Waals surface area contributed by atoms with Gasteiger partial charge in [-0.05, 0) is 44.9 Å². The third kappa shape index (κ3) is 4.51. The summed E-state index contributed by atoms with van der Waals surface area (Å²) in [6.45, 7) is 4.40. The summed E-state index contributed by atoms with van der Waals surface area (Å²) >= 11 is 5.99. The highest BCUT2D eigenvalue weighted by atomic mass is 35.5. The number of hydrogen-bond donors (Lipinski definition) is 0. The number of benzene rings is 1. The molecule has 3 rings (SSSR count). The molecule has 1 aromatic carbocycles. The Balaban J connectivity index is 1.70. The van der Waals surface area contributed by atoms with Crippen LogP contribution in [0.15, 0.2) is 29.2 Å². The van der Waals surface area contributed by atoms with Crippen LogP contribution in [0.1, 0.15) is 24.4 Å². The summed E-state index contributed by atoms with van der Waals surface area (Å²) in [5.74, 6) is 1.46. The van der Waals surface area contributed by atoms with Crippen molar-refractivity contribution in [3.8, 4) is 11.6 Å². The van der Waals surface area contributed by atoms with E-state index in [4.69, 9.17) is 21.1 Å². The maximum absolute atomic E-state index is 13.0. The zero-order valence-corrected chi connectivity index (χ0v) is 17.0. The van der Waals surface area contributed by atoms with Gasteiger partial charge in [-0.1, -0.05) is 11.6 Å². The predicted molar refractivity (Wildman–Crippen MR) is 102 cm³/mol. The normalized spacial score (nSPS) is 16.3. The molecule has 2 heterocycles. The lowest BCUT2D eigenvalue weighted by molar-refractivity contribution is 0.129. The van der Waals surface area contributed by atoms with Crippen LogP contribution in [0.2, 0.25) is 5.02 Å². The van der Waals surface area contributed by atoms with Crippen LogP contribution in [0.3, 0.4) is 0 Å². The molecule has 1 saturated heterocycles. The lowest BCUT2D eigenvalue weighted by Crippen LogP contribution is -2.41. The van der Waals surface area contributed by atoms with Crippen LogP contribution in [-0.2, 0) is 10.0 Å². The van der Waals surface area contributed by atoms with Crippen molar-refractivity contribution < 1.29 is 17.9 Å². The van der Waals surface area contributed by atoms with Crippen LogP contribution in [0, 0.1) is 13.8 Å². The van der Waals surface area contributed by atoms with E-state index in [1.165, 1.54) is 17.5 Å². The molecule has 1 aromatic heterocycles. The first kappa shape index (κ1) is 19.9. The van der Waals surface area contributed by atoms with Gasteiger partial charge in [0.25, 0.3) is 0 Å². The molecule has 2 aromatic rings. The van der Waals surface area contributed by atoms with E-state index in [1.807, 2.05) is 13.8 Å². The quantitative estimate of drug-likeness (QED) is 0.752. The average Bonchev–Trinajstić information content (AvgIpc) is 2.61. The molecule has 9 heteroatoms. The fourth-order valence-electron chi connectivity index (χ4n) is 3.10. The summed E-state index contributed by atoms with van der Waals surface area (Å²) in [5.41, 5.74) is 0.838. The van der Waals surface area contributed by atoms with E-state index < -0.39 is 10.0 Å². The monoisotopic (exact) mass is 411 g/mol. The lowest BCUT2D eigenvalue weighted by Gasteiger charge is -2.31. The van der Waals surface area contributed by atoms with Gasteiger partial charge in [0.15, 0.2) is 0 Å². The van der Waals surface area contributed by atoms with Crippen LogP contribution in [0.5, 0.6) is 11.6 Å². The van der Waals surface area contributed by atoms with Crippen molar-refractivity contribution in [2.24, 2.45) is 0 Å². The Hall–Kier alpha value is -1.90. The second-order valence-corrected chi connectivity index (χ2v) is 8.75. The minimum atomic E-state index is -3.69. The van der Waals surface area contributed by atoms with Crippen molar-refractivity contribution in [3.63, 3.8) is 0 Å². The minimum Gasteiger partial charge on any atom is -0.495 e. The Bertz CT molecular complexity index is 908. The first-order valence-corrected chi connectivity index (χ1v) is 10.4. The number of halogens is 1. The summed E-state index contributed by atoms with van der Waals surface area (Å²) in [6, 6.07) is 6.37. The maximum Gasteiger partial charge on any atom is 0.246 e. The number of sulfonamides is 1. The third-order valence-electron chi connectivity index (χ3n) is 4.37. The van der Waals surface area contributed by atoms with Crippen LogP contribution < -0.4 is 9.47 Å². The maximum atomic E-state index is 13.0. The Morgan fingerprint density at radius 1 is 1.15 bits per heavy atom. The Labute approximate surface area is 164 Å². The van der Waals surface area contributed by atoms with Crippen LogP contribution in [0.4, 0.5) is 0 Å². The van der Waals surface area contributed by atoms with Gasteiger partial charge >= 0.3 is 0 Å². The van der Waals surface area contributed by atoms with Crippen molar-refractivity contribution in [3.05, 3.63) is 40.8 Å². The fraction of sp³-hybridized carbons (Fsp3) is 0.444. The molecule has 27 heavy (non-hydrogen) atoms. The molecular formula is C18H22ClN3O4S. The number of aryl methyl sites for hydroxylation is 2. The number of methoxy groups -OCH3 is 1. The topological polar surface area (TPSA) is 81.6 Å². The minimum absolute atomic E-state index is 0.0823. The second kappa shape index (κ2) is 8.00. The van der Waals surface area contributed by atoms with Gasteiger partial charge < -0.3 is 9.47 Å². The molecule has 1 aliphatic rings. The molecule has 0 atom stereocenters. The molecule has 7 nitrogen and oxygen atoms in total. The number of aromatic nitrogens is 2. The zero-order chi connectivity index (χ0) is 19.6. The Morgan fingerprint density at radius 3 is 2.48 bits per heavy atom. The van der Waals surface area contributed by atoms with E-state index in [9.17, 15) is 8.42 Å². The Kier molecular flexibility index (Phi) is 5.88. The van der Waals surface area contributed by atoms with E-state index >= 15 is 0 Å². The third-order valence-corrected chi connectivity index (χ3v) is 6.53. The standard InChI is InChI=1S/C18H22ClN3O4S/c1-12-10-18(21-13(2)20-12)26-15-6-8-22(9-7-15)27(23,24)17-11-14(19)4-5-16(17)25-3/h4-5,10-11,15H,6-9H2,1-3H3. The van der Waals surface area contributed by atoms with Crippen molar-refractivity contribution in [1.29, 1.82) is 0 Å². The highest BCUT2D eigenvalue weighted by Gasteiger charge is 2.32. The van der Waals surface area contributed by atoms with Gasteiger partial charge in [-0.2, -0.15) is 9.29 Å². The highest BCUT2D eigenvalue weighted by Crippen LogP contribution is 2.31. The summed E-state index contributed by atoms with van der Waals surface area (Å²) in [6.07, 6.45) is 1.06. The molecule has 0 amide bonds. The Morgan fingerprint density at radius 2 is 1.85 bits per heavy atom. The SMILES string of the molecule is COc1ccc(Cl)cc1S(=O)(=O)N1CCC(Oc2cc(C)nc(C)n2)CC1. The van der Waals surface area contributed by atoms with E-state index in [-0.39, 0.29) is 16.7 Å². The van der Waals surface area contributed by atoms with Gasteiger partial charge in [0.2, 0.25) is 15.9 Å². The summed E-state index contributed by atoms with van der Waals surface area (Å²) in [4.78, 5) is 8.59. The van der Waals surface area contributed by atoms with Crippen molar-refractivity contribution in [2.45, 2.75) is 37.7 Å². The van der Waals surface area contributed by atoms with Gasteiger partial charge in [-0.15, -0.1) is 0 Å². The van der Waals surface area contributed by atoms with Crippen LogP contribution in [-0.4, -0.2) is 49.0 Å². The molecule has 0 bridgehead atoms. The summed E-state index contributed by atoms with van der Waals surface area (Å²) in [7, 11) is -2.26.